The molecular formula is C8H11O4Sb. The summed E-state index contributed by atoms with van der Waals surface area (Å²) in [6.45, 7) is 2.17. The van der Waals surface area contributed by atoms with Gasteiger partial charge in [0.1, 0.15) is 0 Å². The summed E-state index contributed by atoms with van der Waals surface area (Å²) in [4.78, 5) is 0. The van der Waals surface area contributed by atoms with Gasteiger partial charge in [-0.1, -0.05) is 0 Å². The molecule has 0 atom stereocenters. The van der Waals surface area contributed by atoms with Crippen molar-refractivity contribution >= 4 is 23.1 Å². The van der Waals surface area contributed by atoms with Gasteiger partial charge in [-0.15, -0.1) is 0 Å². The first kappa shape index (κ1) is 10.6. The van der Waals surface area contributed by atoms with Crippen molar-refractivity contribution in [3.8, 4) is 5.75 Å². The van der Waals surface area contributed by atoms with Gasteiger partial charge in [-0.25, -0.2) is 0 Å². The van der Waals surface area contributed by atoms with Crippen LogP contribution < -0.4 is 8.25 Å². The van der Waals surface area contributed by atoms with E-state index in [2.05, 4.69) is 0 Å². The normalized spacial score (nSPS) is 11.3. The van der Waals surface area contributed by atoms with Crippen LogP contribution in [-0.4, -0.2) is 33.0 Å². The van der Waals surface area contributed by atoms with Crippen molar-refractivity contribution in [2.45, 2.75) is 6.92 Å². The van der Waals surface area contributed by atoms with Crippen LogP contribution in [0.2, 0.25) is 0 Å². The summed E-state index contributed by atoms with van der Waals surface area (Å²) in [5.74, 6) is 0.288. The Morgan fingerprint density at radius 3 is 2.54 bits per heavy atom. The first-order valence-electron chi connectivity index (χ1n) is 3.83. The Bertz CT molecular complexity index is 331. The Morgan fingerprint density at radius 2 is 2.00 bits per heavy atom. The maximum atomic E-state index is 11.0. The Balaban J connectivity index is 3.12. The van der Waals surface area contributed by atoms with Crippen molar-refractivity contribution in [1.82, 2.24) is 0 Å². The number of hydrogen-bond acceptors (Lipinski definition) is 2. The van der Waals surface area contributed by atoms with Crippen LogP contribution in [0, 0.1) is 0 Å². The second kappa shape index (κ2) is 4.18. The summed E-state index contributed by atoms with van der Waals surface area (Å²) in [6.07, 6.45) is 0. The summed E-state index contributed by atoms with van der Waals surface area (Å²) in [5.41, 5.74) is 0. The average Bonchev–Trinajstić information content (AvgIpc) is 2.04. The Kier molecular flexibility index (Phi) is 3.42. The zero-order valence-electron chi connectivity index (χ0n) is 7.17. The summed E-state index contributed by atoms with van der Waals surface area (Å²) >= 11 is -5.11. The predicted octanol–water partition coefficient (Wildman–Crippen LogP) is -0.354. The van der Waals surface area contributed by atoms with Gasteiger partial charge in [0.15, 0.2) is 0 Å². The van der Waals surface area contributed by atoms with E-state index in [0.717, 1.165) is 0 Å². The molecule has 1 aromatic carbocycles. The van der Waals surface area contributed by atoms with Crippen molar-refractivity contribution in [2.24, 2.45) is 0 Å². The number of ether oxygens (including phenoxy) is 1. The summed E-state index contributed by atoms with van der Waals surface area (Å²) < 4.78 is 34.2. The first-order valence-corrected chi connectivity index (χ1v) is 8.44. The molecule has 0 aliphatic heterocycles. The number of benzene rings is 1. The van der Waals surface area contributed by atoms with Gasteiger partial charge in [-0.2, -0.15) is 0 Å². The zero-order valence-corrected chi connectivity index (χ0v) is 9.73. The molecule has 5 heteroatoms. The van der Waals surface area contributed by atoms with Gasteiger partial charge >= 0.3 is 81.2 Å². The van der Waals surface area contributed by atoms with Gasteiger partial charge in [0.05, 0.1) is 0 Å². The Labute approximate surface area is 81.3 Å². The van der Waals surface area contributed by atoms with Crippen molar-refractivity contribution in [3.63, 3.8) is 0 Å². The van der Waals surface area contributed by atoms with Crippen LogP contribution in [-0.2, 0) is 3.02 Å². The third-order valence-corrected chi connectivity index (χ3v) is 4.32. The van der Waals surface area contributed by atoms with Gasteiger partial charge in [-0.3, -0.25) is 0 Å². The van der Waals surface area contributed by atoms with E-state index in [0.29, 0.717) is 6.61 Å². The van der Waals surface area contributed by atoms with E-state index in [1.807, 2.05) is 0 Å². The molecular weight excluding hydrogens is 282 g/mol. The van der Waals surface area contributed by atoms with Gasteiger partial charge < -0.3 is 0 Å². The molecule has 0 amide bonds. The molecule has 72 valence electrons. The topological polar surface area (TPSA) is 66.8 Å². The van der Waals surface area contributed by atoms with Gasteiger partial charge in [0, 0.05) is 0 Å². The van der Waals surface area contributed by atoms with E-state index in [1.165, 1.54) is 6.07 Å². The predicted molar refractivity (Wildman–Crippen MR) is 48.1 cm³/mol. The molecule has 0 heterocycles. The molecule has 0 bridgehead atoms. The van der Waals surface area contributed by atoms with Crippen LogP contribution in [0.1, 0.15) is 6.92 Å². The molecule has 4 nitrogen and oxygen atoms in total. The van der Waals surface area contributed by atoms with Crippen molar-refractivity contribution in [1.29, 1.82) is 0 Å². The van der Waals surface area contributed by atoms with E-state index in [1.54, 1.807) is 25.1 Å². The summed E-state index contributed by atoms with van der Waals surface area (Å²) in [7, 11) is 0. The molecule has 2 N–H and O–H groups in total. The standard InChI is InChI=1S/C8H9O.2H2O.O.Sb/c1-2-9-8-6-4-3-5-7-8;;;;/h3-6H,2H2,1H3;2*1H2;;/q;;;;+2/p-2. The number of para-hydroxylation sites is 1. The SMILES string of the molecule is CCOc1cccc[c]1[Sb](=[O])([OH])[OH]. The van der Waals surface area contributed by atoms with Crippen molar-refractivity contribution in [2.75, 3.05) is 6.61 Å². The molecule has 0 unspecified atom stereocenters. The average molecular weight is 293 g/mol. The third-order valence-electron chi connectivity index (χ3n) is 1.48. The third kappa shape index (κ3) is 2.76. The molecule has 0 fully saturated rings. The van der Waals surface area contributed by atoms with E-state index in [4.69, 9.17) is 11.5 Å². The second-order valence-corrected chi connectivity index (χ2v) is 6.93. The molecule has 13 heavy (non-hydrogen) atoms. The molecule has 0 saturated heterocycles. The second-order valence-electron chi connectivity index (χ2n) is 2.44. The Morgan fingerprint density at radius 1 is 1.38 bits per heavy atom. The summed E-state index contributed by atoms with van der Waals surface area (Å²) in [6, 6.07) is 6.24. The molecule has 0 spiro atoms. The van der Waals surface area contributed by atoms with E-state index < -0.39 is 19.6 Å². The van der Waals surface area contributed by atoms with Crippen LogP contribution >= 0.6 is 0 Å². The quantitative estimate of drug-likeness (QED) is 0.747. The van der Waals surface area contributed by atoms with E-state index >= 15 is 0 Å². The van der Waals surface area contributed by atoms with Crippen LogP contribution in [0.5, 0.6) is 5.75 Å². The fraction of sp³-hybridized carbons (Fsp3) is 0.250. The molecule has 0 saturated carbocycles. The van der Waals surface area contributed by atoms with Crippen LogP contribution in [0.25, 0.3) is 0 Å². The molecule has 0 aromatic heterocycles. The first-order chi connectivity index (χ1) is 6.05. The number of rotatable bonds is 3. The minimum absolute atomic E-state index is 0.0304. The molecule has 0 aliphatic rings. The van der Waals surface area contributed by atoms with Crippen molar-refractivity contribution < 1.29 is 14.5 Å². The summed E-state index contributed by atoms with van der Waals surface area (Å²) in [5, 5.41) is 0. The van der Waals surface area contributed by atoms with Crippen LogP contribution in [0.3, 0.4) is 0 Å². The monoisotopic (exact) mass is 292 g/mol. The fourth-order valence-electron chi connectivity index (χ4n) is 0.975. The molecule has 1 aromatic rings. The Hall–Kier alpha value is -0.442. The van der Waals surface area contributed by atoms with Crippen LogP contribution in [0.15, 0.2) is 24.3 Å². The van der Waals surface area contributed by atoms with Crippen molar-refractivity contribution in [3.05, 3.63) is 24.3 Å². The molecule has 1 rings (SSSR count). The van der Waals surface area contributed by atoms with Gasteiger partial charge in [-0.05, 0) is 0 Å². The number of hydrogen-bond donors (Lipinski definition) is 2. The van der Waals surface area contributed by atoms with Gasteiger partial charge in [0.2, 0.25) is 0 Å². The van der Waals surface area contributed by atoms with E-state index in [9.17, 15) is 3.02 Å². The fourth-order valence-corrected chi connectivity index (χ4v) is 2.99. The maximum absolute atomic E-state index is 11.0. The molecule has 0 aliphatic carbocycles. The van der Waals surface area contributed by atoms with Gasteiger partial charge in [0.25, 0.3) is 0 Å². The van der Waals surface area contributed by atoms with E-state index in [-0.39, 0.29) is 9.26 Å². The molecule has 0 radical (unpaired) electrons. The van der Waals surface area contributed by atoms with Crippen LogP contribution in [0.4, 0.5) is 0 Å². The minimum atomic E-state index is -5.11. The zero-order chi connectivity index (χ0) is 9.90.